The Kier molecular flexibility index (Phi) is 4.64. The minimum absolute atomic E-state index is 0.383. The molecule has 0 saturated carbocycles. The van der Waals surface area contributed by atoms with Crippen molar-refractivity contribution in [1.29, 1.82) is 0 Å². The number of ether oxygens (including phenoxy) is 3. The molecule has 0 fully saturated rings. The van der Waals surface area contributed by atoms with Crippen molar-refractivity contribution in [3.8, 4) is 17.2 Å². The second-order valence-electron chi connectivity index (χ2n) is 3.05. The topological polar surface area (TPSA) is 44.8 Å². The van der Waals surface area contributed by atoms with Crippen LogP contribution in [0.3, 0.4) is 0 Å². The minimum Gasteiger partial charge on any atom is -0.497 e. The van der Waals surface area contributed by atoms with E-state index in [0.717, 1.165) is 0 Å². The number of rotatable bonds is 5. The smallest absolute Gasteiger partial charge is 0.315 e. The van der Waals surface area contributed by atoms with Gasteiger partial charge in [0, 0.05) is 6.07 Å². The molecule has 0 aliphatic carbocycles. The molecule has 0 saturated heterocycles. The van der Waals surface area contributed by atoms with Crippen LogP contribution in [-0.4, -0.2) is 20.2 Å². The fourth-order valence-corrected chi connectivity index (χ4v) is 1.18. The molecule has 0 bridgehead atoms. The van der Waals surface area contributed by atoms with Crippen molar-refractivity contribution < 1.29 is 19.0 Å². The van der Waals surface area contributed by atoms with E-state index in [4.69, 9.17) is 14.2 Å². The summed E-state index contributed by atoms with van der Waals surface area (Å²) in [6.45, 7) is 1.87. The number of carbonyl (C=O) groups excluding carboxylic acids is 1. The van der Waals surface area contributed by atoms with Crippen LogP contribution in [0.5, 0.6) is 17.2 Å². The molecule has 0 amide bonds. The molecular weight excluding hydrogens is 208 g/mol. The van der Waals surface area contributed by atoms with Crippen molar-refractivity contribution in [1.82, 2.24) is 0 Å². The van der Waals surface area contributed by atoms with Gasteiger partial charge in [-0.2, -0.15) is 0 Å². The molecule has 1 radical (unpaired) electrons. The van der Waals surface area contributed by atoms with Gasteiger partial charge in [-0.3, -0.25) is 4.79 Å². The van der Waals surface area contributed by atoms with Crippen molar-refractivity contribution >= 4 is 5.97 Å². The van der Waals surface area contributed by atoms with Crippen molar-refractivity contribution in [2.75, 3.05) is 14.2 Å². The summed E-state index contributed by atoms with van der Waals surface area (Å²) in [6, 6.07) is 5.00. The first-order chi connectivity index (χ1) is 7.71. The van der Waals surface area contributed by atoms with E-state index in [1.165, 1.54) is 13.5 Å². The Balaban J connectivity index is 2.83. The van der Waals surface area contributed by atoms with Gasteiger partial charge in [0.1, 0.15) is 5.75 Å². The van der Waals surface area contributed by atoms with Gasteiger partial charge in [0.2, 0.25) is 0 Å². The van der Waals surface area contributed by atoms with E-state index in [2.05, 4.69) is 0 Å². The first-order valence-corrected chi connectivity index (χ1v) is 4.98. The molecular formula is C12H15O4. The number of benzene rings is 1. The van der Waals surface area contributed by atoms with Crippen LogP contribution in [0.25, 0.3) is 0 Å². The van der Waals surface area contributed by atoms with Crippen LogP contribution in [0, 0.1) is 6.42 Å². The zero-order chi connectivity index (χ0) is 12.0. The first-order valence-electron chi connectivity index (χ1n) is 4.98. The lowest BCUT2D eigenvalue weighted by molar-refractivity contribution is -0.130. The average molecular weight is 223 g/mol. The molecule has 0 heterocycles. The molecule has 0 aromatic heterocycles. The van der Waals surface area contributed by atoms with E-state index in [9.17, 15) is 4.79 Å². The van der Waals surface area contributed by atoms with Crippen LogP contribution < -0.4 is 14.2 Å². The summed E-state index contributed by atoms with van der Waals surface area (Å²) in [6.07, 6.45) is 2.10. The van der Waals surface area contributed by atoms with E-state index in [1.807, 2.05) is 6.92 Å². The third kappa shape index (κ3) is 3.15. The lowest BCUT2D eigenvalue weighted by Gasteiger charge is -2.10. The number of hydrogen-bond donors (Lipinski definition) is 0. The molecule has 0 unspecified atom stereocenters. The Hall–Kier alpha value is -1.71. The zero-order valence-corrected chi connectivity index (χ0v) is 9.65. The maximum absolute atomic E-state index is 11.3. The van der Waals surface area contributed by atoms with Crippen LogP contribution in [0.4, 0.5) is 0 Å². The third-order valence-electron chi connectivity index (χ3n) is 1.95. The predicted molar refractivity (Wildman–Crippen MR) is 59.8 cm³/mol. The monoisotopic (exact) mass is 223 g/mol. The number of carbonyl (C=O) groups is 1. The summed E-state index contributed by atoms with van der Waals surface area (Å²) in [7, 11) is 3.07. The molecule has 0 aliphatic rings. The molecule has 4 heteroatoms. The van der Waals surface area contributed by atoms with Gasteiger partial charge in [-0.05, 0) is 18.6 Å². The molecule has 16 heavy (non-hydrogen) atoms. The second kappa shape index (κ2) is 6.00. The fraction of sp³-hybridized carbons (Fsp3) is 0.333. The molecule has 0 aliphatic heterocycles. The van der Waals surface area contributed by atoms with Gasteiger partial charge in [-0.15, -0.1) is 0 Å². The van der Waals surface area contributed by atoms with E-state index in [-0.39, 0.29) is 5.97 Å². The van der Waals surface area contributed by atoms with Gasteiger partial charge in [0.15, 0.2) is 11.5 Å². The molecule has 0 N–H and O–H groups in total. The summed E-state index contributed by atoms with van der Waals surface area (Å²) in [5.41, 5.74) is 0. The van der Waals surface area contributed by atoms with Gasteiger partial charge in [-0.25, -0.2) is 0 Å². The molecule has 0 atom stereocenters. The maximum Gasteiger partial charge on any atom is 0.315 e. The number of methoxy groups -OCH3 is 2. The Morgan fingerprint density at radius 1 is 1.25 bits per heavy atom. The standard InChI is InChI=1S/C12H15O4/c1-4-5-12(13)16-10-7-6-9(14-2)8-11(10)15-3/h5-8H,4H2,1-3H3. The number of esters is 1. The average Bonchev–Trinajstić information content (AvgIpc) is 2.30. The van der Waals surface area contributed by atoms with Crippen LogP contribution >= 0.6 is 0 Å². The van der Waals surface area contributed by atoms with Crippen molar-refractivity contribution in [3.63, 3.8) is 0 Å². The van der Waals surface area contributed by atoms with Gasteiger partial charge < -0.3 is 14.2 Å². The maximum atomic E-state index is 11.3. The summed E-state index contributed by atoms with van der Waals surface area (Å²) in [5, 5.41) is 0. The molecule has 1 rings (SSSR count). The highest BCUT2D eigenvalue weighted by atomic mass is 16.6. The van der Waals surface area contributed by atoms with E-state index < -0.39 is 0 Å². The largest absolute Gasteiger partial charge is 0.497 e. The molecule has 87 valence electrons. The lowest BCUT2D eigenvalue weighted by Crippen LogP contribution is -2.08. The fourth-order valence-electron chi connectivity index (χ4n) is 1.18. The lowest BCUT2D eigenvalue weighted by atomic mass is 10.3. The van der Waals surface area contributed by atoms with Crippen LogP contribution in [-0.2, 0) is 4.79 Å². The van der Waals surface area contributed by atoms with Crippen molar-refractivity contribution in [3.05, 3.63) is 24.6 Å². The molecule has 4 nitrogen and oxygen atoms in total. The summed E-state index contributed by atoms with van der Waals surface area (Å²) in [4.78, 5) is 11.3. The van der Waals surface area contributed by atoms with E-state index >= 15 is 0 Å². The Labute approximate surface area is 95.1 Å². The van der Waals surface area contributed by atoms with Gasteiger partial charge in [-0.1, -0.05) is 6.92 Å². The zero-order valence-electron chi connectivity index (χ0n) is 9.65. The molecule has 0 spiro atoms. The highest BCUT2D eigenvalue weighted by Crippen LogP contribution is 2.31. The second-order valence-corrected chi connectivity index (χ2v) is 3.05. The van der Waals surface area contributed by atoms with Gasteiger partial charge >= 0.3 is 5.97 Å². The summed E-state index contributed by atoms with van der Waals surface area (Å²) in [5.74, 6) is 1.12. The normalized spacial score (nSPS) is 9.69. The van der Waals surface area contributed by atoms with Crippen molar-refractivity contribution in [2.45, 2.75) is 13.3 Å². The highest BCUT2D eigenvalue weighted by molar-refractivity contribution is 5.81. The predicted octanol–water partition coefficient (Wildman–Crippen LogP) is 2.22. The highest BCUT2D eigenvalue weighted by Gasteiger charge is 2.10. The third-order valence-corrected chi connectivity index (χ3v) is 1.95. The summed E-state index contributed by atoms with van der Waals surface area (Å²) >= 11 is 0. The van der Waals surface area contributed by atoms with E-state index in [0.29, 0.717) is 23.7 Å². The molecule has 1 aromatic rings. The SMILES string of the molecule is CC[CH]C(=O)Oc1ccc(OC)cc1OC. The van der Waals surface area contributed by atoms with Crippen LogP contribution in [0.2, 0.25) is 0 Å². The van der Waals surface area contributed by atoms with Crippen LogP contribution in [0.1, 0.15) is 13.3 Å². The first kappa shape index (κ1) is 12.4. The van der Waals surface area contributed by atoms with E-state index in [1.54, 1.807) is 25.3 Å². The van der Waals surface area contributed by atoms with Gasteiger partial charge in [0.25, 0.3) is 0 Å². The number of hydrogen-bond acceptors (Lipinski definition) is 4. The Bertz CT molecular complexity index is 360. The summed E-state index contributed by atoms with van der Waals surface area (Å²) < 4.78 is 15.2. The van der Waals surface area contributed by atoms with Gasteiger partial charge in [0.05, 0.1) is 20.6 Å². The Morgan fingerprint density at radius 2 is 2.00 bits per heavy atom. The minimum atomic E-state index is -0.383. The quantitative estimate of drug-likeness (QED) is 0.567. The Morgan fingerprint density at radius 3 is 2.56 bits per heavy atom. The van der Waals surface area contributed by atoms with Crippen molar-refractivity contribution in [2.24, 2.45) is 0 Å². The molecule has 1 aromatic carbocycles. The van der Waals surface area contributed by atoms with Crippen LogP contribution in [0.15, 0.2) is 18.2 Å².